The lowest BCUT2D eigenvalue weighted by Crippen LogP contribution is -2.09. The summed E-state index contributed by atoms with van der Waals surface area (Å²) in [4.78, 5) is 0. The van der Waals surface area contributed by atoms with Crippen LogP contribution in [0.15, 0.2) is 13.2 Å². The molecule has 0 atom stereocenters. The lowest BCUT2D eigenvalue weighted by Gasteiger charge is -2.14. The summed E-state index contributed by atoms with van der Waals surface area (Å²) in [5.74, 6) is 0. The van der Waals surface area contributed by atoms with Gasteiger partial charge in [0.25, 0.3) is 0 Å². The van der Waals surface area contributed by atoms with Gasteiger partial charge in [-0.2, -0.15) is 0 Å². The van der Waals surface area contributed by atoms with Gasteiger partial charge in [0.2, 0.25) is 0 Å². The first-order valence-electron chi connectivity index (χ1n) is 6.65. The molecule has 0 aromatic carbocycles. The molecular formula is C14H28O2. The van der Waals surface area contributed by atoms with E-state index in [2.05, 4.69) is 13.2 Å². The molecule has 0 aromatic heterocycles. The Bertz CT molecular complexity index is 120. The molecule has 96 valence electrons. The van der Waals surface area contributed by atoms with Crippen molar-refractivity contribution >= 4 is 0 Å². The van der Waals surface area contributed by atoms with Crippen molar-refractivity contribution in [2.75, 3.05) is 0 Å². The van der Waals surface area contributed by atoms with E-state index in [1.54, 1.807) is 0 Å². The summed E-state index contributed by atoms with van der Waals surface area (Å²) in [6.45, 7) is 6.00. The van der Waals surface area contributed by atoms with E-state index in [1.165, 1.54) is 38.5 Å². The Balaban J connectivity index is 0.000000244. The summed E-state index contributed by atoms with van der Waals surface area (Å²) >= 11 is 0. The van der Waals surface area contributed by atoms with Crippen molar-refractivity contribution in [2.45, 2.75) is 76.4 Å². The average Bonchev–Trinajstić information content (AvgIpc) is 2.34. The van der Waals surface area contributed by atoms with Crippen LogP contribution in [0.3, 0.4) is 0 Å². The molecule has 0 saturated heterocycles. The standard InChI is InChI=1S/2C6H12O.C2H4/c2*7-6-4-2-1-3-5-6;1-2/h2*6-7H,1-5H2;1-2H2. The first-order valence-corrected chi connectivity index (χ1v) is 6.65. The zero-order chi connectivity index (χ0) is 12.2. The number of hydrogen-bond acceptors (Lipinski definition) is 2. The molecule has 2 heteroatoms. The van der Waals surface area contributed by atoms with Crippen molar-refractivity contribution in [3.63, 3.8) is 0 Å². The van der Waals surface area contributed by atoms with Crippen LogP contribution >= 0.6 is 0 Å². The van der Waals surface area contributed by atoms with E-state index in [0.717, 1.165) is 25.7 Å². The summed E-state index contributed by atoms with van der Waals surface area (Å²) < 4.78 is 0. The largest absolute Gasteiger partial charge is 0.393 e. The van der Waals surface area contributed by atoms with Gasteiger partial charge in [0.15, 0.2) is 0 Å². The van der Waals surface area contributed by atoms with Crippen molar-refractivity contribution in [3.8, 4) is 0 Å². The van der Waals surface area contributed by atoms with Gasteiger partial charge in [-0.1, -0.05) is 38.5 Å². The van der Waals surface area contributed by atoms with Crippen LogP contribution in [0.25, 0.3) is 0 Å². The van der Waals surface area contributed by atoms with Crippen molar-refractivity contribution in [2.24, 2.45) is 0 Å². The smallest absolute Gasteiger partial charge is 0.0540 e. The van der Waals surface area contributed by atoms with Gasteiger partial charge in [0, 0.05) is 0 Å². The molecule has 0 aliphatic heterocycles. The van der Waals surface area contributed by atoms with Crippen LogP contribution in [0.4, 0.5) is 0 Å². The van der Waals surface area contributed by atoms with Gasteiger partial charge in [-0.25, -0.2) is 0 Å². The third-order valence-corrected chi connectivity index (χ3v) is 3.15. The Kier molecular flexibility index (Phi) is 10.9. The maximum atomic E-state index is 8.91. The number of aliphatic hydroxyl groups is 2. The van der Waals surface area contributed by atoms with Crippen LogP contribution in [0.5, 0.6) is 0 Å². The minimum Gasteiger partial charge on any atom is -0.393 e. The number of rotatable bonds is 0. The molecule has 0 spiro atoms. The van der Waals surface area contributed by atoms with Gasteiger partial charge >= 0.3 is 0 Å². The maximum absolute atomic E-state index is 8.91. The number of hydrogen-bond donors (Lipinski definition) is 2. The molecule has 2 nitrogen and oxygen atoms in total. The van der Waals surface area contributed by atoms with Crippen molar-refractivity contribution < 1.29 is 10.2 Å². The fraction of sp³-hybridized carbons (Fsp3) is 0.857. The molecule has 0 amide bonds. The Morgan fingerprint density at radius 2 is 0.812 bits per heavy atom. The van der Waals surface area contributed by atoms with Crippen LogP contribution in [0.2, 0.25) is 0 Å². The molecule has 2 N–H and O–H groups in total. The first-order chi connectivity index (χ1) is 7.79. The Morgan fingerprint density at radius 3 is 0.938 bits per heavy atom. The zero-order valence-corrected chi connectivity index (χ0v) is 10.5. The molecule has 2 rings (SSSR count). The molecule has 0 heterocycles. The molecule has 0 unspecified atom stereocenters. The third-order valence-electron chi connectivity index (χ3n) is 3.15. The monoisotopic (exact) mass is 228 g/mol. The van der Waals surface area contributed by atoms with Crippen LogP contribution in [0, 0.1) is 0 Å². The minimum atomic E-state index is 0.0359. The molecule has 0 aromatic rings. The SMILES string of the molecule is C=C.OC1CCCCC1.OC1CCCCC1. The zero-order valence-electron chi connectivity index (χ0n) is 10.5. The summed E-state index contributed by atoms with van der Waals surface area (Å²) in [6, 6.07) is 0. The van der Waals surface area contributed by atoms with E-state index in [9.17, 15) is 0 Å². The summed E-state index contributed by atoms with van der Waals surface area (Å²) in [5.41, 5.74) is 0. The van der Waals surface area contributed by atoms with E-state index in [0.29, 0.717) is 0 Å². The van der Waals surface area contributed by atoms with Gasteiger partial charge in [-0.15, -0.1) is 13.2 Å². The van der Waals surface area contributed by atoms with E-state index >= 15 is 0 Å². The normalized spacial score (nSPS) is 22.4. The predicted octanol–water partition coefficient (Wildman–Crippen LogP) is 3.43. The second-order valence-corrected chi connectivity index (χ2v) is 4.58. The van der Waals surface area contributed by atoms with Crippen molar-refractivity contribution in [1.82, 2.24) is 0 Å². The Morgan fingerprint density at radius 1 is 0.562 bits per heavy atom. The lowest BCUT2D eigenvalue weighted by molar-refractivity contribution is 0.130. The predicted molar refractivity (Wildman–Crippen MR) is 69.4 cm³/mol. The van der Waals surface area contributed by atoms with Crippen LogP contribution in [0.1, 0.15) is 64.2 Å². The summed E-state index contributed by atoms with van der Waals surface area (Å²) in [5, 5.41) is 17.8. The minimum absolute atomic E-state index is 0.0359. The fourth-order valence-electron chi connectivity index (χ4n) is 2.16. The second-order valence-electron chi connectivity index (χ2n) is 4.58. The van der Waals surface area contributed by atoms with E-state index in [-0.39, 0.29) is 12.2 Å². The molecule has 2 aliphatic rings. The highest BCUT2D eigenvalue weighted by atomic mass is 16.3. The molecular weight excluding hydrogens is 200 g/mol. The van der Waals surface area contributed by atoms with Crippen molar-refractivity contribution in [1.29, 1.82) is 0 Å². The summed E-state index contributed by atoms with van der Waals surface area (Å²) in [7, 11) is 0. The fourth-order valence-corrected chi connectivity index (χ4v) is 2.16. The molecule has 16 heavy (non-hydrogen) atoms. The van der Waals surface area contributed by atoms with E-state index < -0.39 is 0 Å². The Hall–Kier alpha value is -0.340. The first kappa shape index (κ1) is 15.7. The van der Waals surface area contributed by atoms with Crippen LogP contribution in [-0.2, 0) is 0 Å². The van der Waals surface area contributed by atoms with E-state index in [1.807, 2.05) is 0 Å². The van der Waals surface area contributed by atoms with Gasteiger partial charge < -0.3 is 10.2 Å². The topological polar surface area (TPSA) is 40.5 Å². The van der Waals surface area contributed by atoms with Crippen molar-refractivity contribution in [3.05, 3.63) is 13.2 Å². The quantitative estimate of drug-likeness (QED) is 0.624. The maximum Gasteiger partial charge on any atom is 0.0540 e. The van der Waals surface area contributed by atoms with Gasteiger partial charge in [0.05, 0.1) is 12.2 Å². The molecule has 2 saturated carbocycles. The van der Waals surface area contributed by atoms with E-state index in [4.69, 9.17) is 10.2 Å². The van der Waals surface area contributed by atoms with Crippen LogP contribution < -0.4 is 0 Å². The number of aliphatic hydroxyl groups excluding tert-OH is 2. The third kappa shape index (κ3) is 8.93. The van der Waals surface area contributed by atoms with Crippen LogP contribution in [-0.4, -0.2) is 22.4 Å². The highest BCUT2D eigenvalue weighted by Gasteiger charge is 2.08. The lowest BCUT2D eigenvalue weighted by atomic mass is 9.98. The molecule has 2 fully saturated rings. The van der Waals surface area contributed by atoms with Gasteiger partial charge in [0.1, 0.15) is 0 Å². The second kappa shape index (κ2) is 11.2. The summed E-state index contributed by atoms with van der Waals surface area (Å²) in [6.07, 6.45) is 11.8. The van der Waals surface area contributed by atoms with Gasteiger partial charge in [-0.05, 0) is 25.7 Å². The van der Waals surface area contributed by atoms with Gasteiger partial charge in [-0.3, -0.25) is 0 Å². The average molecular weight is 228 g/mol. The molecule has 0 bridgehead atoms. The Labute approximate surface area is 100 Å². The highest BCUT2D eigenvalue weighted by Crippen LogP contribution is 2.16. The molecule has 2 aliphatic carbocycles. The molecule has 0 radical (unpaired) electrons. The highest BCUT2D eigenvalue weighted by molar-refractivity contribution is 4.62.